The smallest absolute Gasteiger partial charge is 0.129 e. The van der Waals surface area contributed by atoms with Crippen LogP contribution in [0.25, 0.3) is 0 Å². The molecule has 0 amide bonds. The van der Waals surface area contributed by atoms with Gasteiger partial charge in [0, 0.05) is 31.4 Å². The number of hydrogen-bond acceptors (Lipinski definition) is 4. The van der Waals surface area contributed by atoms with Crippen LogP contribution in [0.15, 0.2) is 18.3 Å². The summed E-state index contributed by atoms with van der Waals surface area (Å²) < 4.78 is 0. The zero-order valence-electron chi connectivity index (χ0n) is 13.3. The molecule has 0 spiro atoms. The highest BCUT2D eigenvalue weighted by Gasteiger charge is 2.23. The van der Waals surface area contributed by atoms with Gasteiger partial charge in [0.1, 0.15) is 5.82 Å². The molecular weight excluding hydrogens is 248 g/mol. The Morgan fingerprint density at radius 3 is 2.95 bits per heavy atom. The number of hydrogen-bond donors (Lipinski definition) is 1. The first-order chi connectivity index (χ1) is 9.65. The van der Waals surface area contributed by atoms with Crippen molar-refractivity contribution >= 4 is 5.82 Å². The van der Waals surface area contributed by atoms with Crippen LogP contribution in [0.1, 0.15) is 38.3 Å². The third-order valence-corrected chi connectivity index (χ3v) is 4.37. The molecule has 0 saturated carbocycles. The van der Waals surface area contributed by atoms with Gasteiger partial charge in [-0.3, -0.25) is 0 Å². The van der Waals surface area contributed by atoms with Gasteiger partial charge in [-0.25, -0.2) is 4.98 Å². The number of anilines is 1. The summed E-state index contributed by atoms with van der Waals surface area (Å²) in [6.07, 6.45) is 4.32. The topological polar surface area (TPSA) is 31.4 Å². The van der Waals surface area contributed by atoms with E-state index in [4.69, 9.17) is 0 Å². The van der Waals surface area contributed by atoms with E-state index in [0.29, 0.717) is 12.1 Å². The van der Waals surface area contributed by atoms with Gasteiger partial charge < -0.3 is 15.1 Å². The van der Waals surface area contributed by atoms with Crippen LogP contribution in [0.2, 0.25) is 0 Å². The van der Waals surface area contributed by atoms with Crippen molar-refractivity contribution in [1.29, 1.82) is 0 Å². The van der Waals surface area contributed by atoms with Crippen LogP contribution >= 0.6 is 0 Å². The van der Waals surface area contributed by atoms with E-state index in [1.54, 1.807) is 0 Å². The fourth-order valence-corrected chi connectivity index (χ4v) is 2.92. The average molecular weight is 276 g/mol. The predicted octanol–water partition coefficient (Wildman–Crippen LogP) is 2.28. The number of nitrogens with one attached hydrogen (secondary N) is 1. The van der Waals surface area contributed by atoms with E-state index < -0.39 is 0 Å². The van der Waals surface area contributed by atoms with Crippen LogP contribution in [0.4, 0.5) is 5.82 Å². The van der Waals surface area contributed by atoms with E-state index in [2.05, 4.69) is 53.1 Å². The maximum Gasteiger partial charge on any atom is 0.129 e. The van der Waals surface area contributed by atoms with Crippen molar-refractivity contribution in [2.24, 2.45) is 0 Å². The van der Waals surface area contributed by atoms with Crippen LogP contribution < -0.4 is 10.2 Å². The molecule has 4 nitrogen and oxygen atoms in total. The molecule has 1 fully saturated rings. The van der Waals surface area contributed by atoms with Gasteiger partial charge in [0.15, 0.2) is 0 Å². The zero-order chi connectivity index (χ0) is 14.5. The number of rotatable bonds is 4. The second kappa shape index (κ2) is 7.04. The third kappa shape index (κ3) is 3.49. The van der Waals surface area contributed by atoms with Crippen LogP contribution in [-0.2, 0) is 0 Å². The first kappa shape index (κ1) is 15.3. The lowest BCUT2D eigenvalue weighted by Crippen LogP contribution is -2.40. The van der Waals surface area contributed by atoms with E-state index >= 15 is 0 Å². The van der Waals surface area contributed by atoms with Gasteiger partial charge >= 0.3 is 0 Å². The molecular formula is C16H28N4. The van der Waals surface area contributed by atoms with Crippen LogP contribution in [0.5, 0.6) is 0 Å². The Bertz CT molecular complexity index is 421. The third-order valence-electron chi connectivity index (χ3n) is 4.37. The fourth-order valence-electron chi connectivity index (χ4n) is 2.92. The predicted molar refractivity (Wildman–Crippen MR) is 85.3 cm³/mol. The quantitative estimate of drug-likeness (QED) is 0.914. The maximum atomic E-state index is 4.62. The summed E-state index contributed by atoms with van der Waals surface area (Å²) in [6, 6.07) is 5.28. The minimum atomic E-state index is 0.367. The lowest BCUT2D eigenvalue weighted by molar-refractivity contribution is 0.327. The van der Waals surface area contributed by atoms with E-state index in [0.717, 1.165) is 25.3 Å². The Kier molecular flexibility index (Phi) is 5.38. The van der Waals surface area contributed by atoms with E-state index in [1.807, 2.05) is 13.2 Å². The Labute approximate surface area is 123 Å². The average Bonchev–Trinajstić information content (AvgIpc) is 2.67. The Balaban J connectivity index is 2.23. The van der Waals surface area contributed by atoms with E-state index in [-0.39, 0.29) is 0 Å². The highest BCUT2D eigenvalue weighted by atomic mass is 15.3. The molecule has 112 valence electrons. The molecule has 1 N–H and O–H groups in total. The van der Waals surface area contributed by atoms with Crippen LogP contribution in [0, 0.1) is 0 Å². The second-order valence-electron chi connectivity index (χ2n) is 5.83. The highest BCUT2D eigenvalue weighted by Crippen LogP contribution is 2.23. The first-order valence-electron chi connectivity index (χ1n) is 7.74. The number of likely N-dealkylation sites (N-methyl/N-ethyl adjacent to an activating group) is 1. The number of aromatic nitrogens is 1. The van der Waals surface area contributed by atoms with E-state index in [9.17, 15) is 0 Å². The summed E-state index contributed by atoms with van der Waals surface area (Å²) in [5.41, 5.74) is 1.31. The monoisotopic (exact) mass is 276 g/mol. The highest BCUT2D eigenvalue weighted by molar-refractivity contribution is 5.43. The molecule has 2 heterocycles. The normalized spacial score (nSPS) is 22.6. The molecule has 20 heavy (non-hydrogen) atoms. The lowest BCUT2D eigenvalue weighted by atomic mass is 10.1. The molecule has 0 bridgehead atoms. The summed E-state index contributed by atoms with van der Waals surface area (Å²) in [7, 11) is 4.22. The Morgan fingerprint density at radius 1 is 1.45 bits per heavy atom. The Hall–Kier alpha value is -1.13. The largest absolute Gasteiger partial charge is 0.352 e. The molecule has 1 aromatic rings. The standard InChI is InChI=1S/C16H28N4/c1-5-15-12-19(4)9-6-10-20(15)16-11-14(7-8-18-16)13(2)17-3/h7-8,11,13,15,17H,5-6,9-10,12H2,1-4H3. The summed E-state index contributed by atoms with van der Waals surface area (Å²) in [5.74, 6) is 1.13. The van der Waals surface area contributed by atoms with Crippen molar-refractivity contribution in [2.45, 2.75) is 38.8 Å². The number of nitrogens with zero attached hydrogens (tertiary/aromatic N) is 3. The van der Waals surface area contributed by atoms with Crippen molar-refractivity contribution in [3.63, 3.8) is 0 Å². The fraction of sp³-hybridized carbons (Fsp3) is 0.688. The summed E-state index contributed by atoms with van der Waals surface area (Å²) in [5, 5.41) is 3.30. The molecule has 1 aliphatic heterocycles. The van der Waals surface area contributed by atoms with Gasteiger partial charge in [0.05, 0.1) is 0 Å². The van der Waals surface area contributed by atoms with Crippen molar-refractivity contribution in [3.8, 4) is 0 Å². The van der Waals surface area contributed by atoms with Crippen LogP contribution in [0.3, 0.4) is 0 Å². The van der Waals surface area contributed by atoms with Gasteiger partial charge in [0.2, 0.25) is 0 Å². The van der Waals surface area contributed by atoms with Crippen molar-refractivity contribution < 1.29 is 0 Å². The molecule has 1 aliphatic rings. The van der Waals surface area contributed by atoms with Gasteiger partial charge in [-0.05, 0) is 58.1 Å². The zero-order valence-corrected chi connectivity index (χ0v) is 13.3. The van der Waals surface area contributed by atoms with Crippen LogP contribution in [-0.4, -0.2) is 49.7 Å². The lowest BCUT2D eigenvalue weighted by Gasteiger charge is -2.31. The minimum Gasteiger partial charge on any atom is -0.352 e. The van der Waals surface area contributed by atoms with Gasteiger partial charge in [-0.1, -0.05) is 6.92 Å². The summed E-state index contributed by atoms with van der Waals surface area (Å²) in [6.45, 7) is 7.88. The van der Waals surface area contributed by atoms with Crippen molar-refractivity contribution in [3.05, 3.63) is 23.9 Å². The summed E-state index contributed by atoms with van der Waals surface area (Å²) in [4.78, 5) is 9.56. The van der Waals surface area contributed by atoms with Crippen molar-refractivity contribution in [2.75, 3.05) is 38.6 Å². The molecule has 0 aromatic carbocycles. The molecule has 1 aromatic heterocycles. The number of pyridine rings is 1. The maximum absolute atomic E-state index is 4.62. The minimum absolute atomic E-state index is 0.367. The SMILES string of the molecule is CCC1CN(C)CCCN1c1cc(C(C)NC)ccn1. The van der Waals surface area contributed by atoms with Gasteiger partial charge in [-0.2, -0.15) is 0 Å². The first-order valence-corrected chi connectivity index (χ1v) is 7.74. The molecule has 0 aliphatic carbocycles. The van der Waals surface area contributed by atoms with Crippen molar-refractivity contribution in [1.82, 2.24) is 15.2 Å². The molecule has 4 heteroatoms. The second-order valence-corrected chi connectivity index (χ2v) is 5.83. The van der Waals surface area contributed by atoms with E-state index in [1.165, 1.54) is 18.5 Å². The summed E-state index contributed by atoms with van der Waals surface area (Å²) >= 11 is 0. The molecule has 1 saturated heterocycles. The van der Waals surface area contributed by atoms with Gasteiger partial charge in [0.25, 0.3) is 0 Å². The molecule has 2 unspecified atom stereocenters. The van der Waals surface area contributed by atoms with Gasteiger partial charge in [-0.15, -0.1) is 0 Å². The molecule has 2 atom stereocenters. The Morgan fingerprint density at radius 2 is 2.25 bits per heavy atom. The molecule has 0 radical (unpaired) electrons. The molecule has 2 rings (SSSR count).